The molecule has 0 aliphatic carbocycles. The zero-order valence-electron chi connectivity index (χ0n) is 11.3. The smallest absolute Gasteiger partial charge is 0.251 e. The number of benzene rings is 1. The molecule has 0 aliphatic rings. The first-order valence-electron chi connectivity index (χ1n) is 5.94. The highest BCUT2D eigenvalue weighted by molar-refractivity contribution is 7.88. The maximum Gasteiger partial charge on any atom is 0.251 e. The van der Waals surface area contributed by atoms with E-state index in [4.69, 9.17) is 5.73 Å². The molecule has 0 fully saturated rings. The number of sulfonamides is 1. The van der Waals surface area contributed by atoms with Crippen molar-refractivity contribution in [2.24, 2.45) is 5.73 Å². The molecule has 0 bridgehead atoms. The summed E-state index contributed by atoms with van der Waals surface area (Å²) in [5, 5.41) is 2.72. The molecule has 20 heavy (non-hydrogen) atoms. The highest BCUT2D eigenvalue weighted by atomic mass is 35.5. The van der Waals surface area contributed by atoms with Crippen molar-refractivity contribution in [2.75, 3.05) is 19.3 Å². The van der Waals surface area contributed by atoms with E-state index >= 15 is 0 Å². The van der Waals surface area contributed by atoms with Crippen LogP contribution in [-0.2, 0) is 16.6 Å². The van der Waals surface area contributed by atoms with Gasteiger partial charge in [-0.15, -0.1) is 12.4 Å². The Labute approximate surface area is 125 Å². The molecule has 1 aromatic rings. The molecule has 0 radical (unpaired) electrons. The minimum atomic E-state index is -3.16. The third kappa shape index (κ3) is 7.44. The Kier molecular flexibility index (Phi) is 8.40. The van der Waals surface area contributed by atoms with Crippen LogP contribution in [0.4, 0.5) is 0 Å². The van der Waals surface area contributed by atoms with Crippen molar-refractivity contribution >= 4 is 28.3 Å². The summed E-state index contributed by atoms with van der Waals surface area (Å²) in [5.74, 6) is -0.178. The highest BCUT2D eigenvalue weighted by Gasteiger charge is 2.04. The lowest BCUT2D eigenvalue weighted by atomic mass is 10.1. The summed E-state index contributed by atoms with van der Waals surface area (Å²) < 4.78 is 24.0. The summed E-state index contributed by atoms with van der Waals surface area (Å²) >= 11 is 0. The summed E-state index contributed by atoms with van der Waals surface area (Å²) in [6.45, 7) is 1.17. The standard InChI is InChI=1S/C12H19N3O3S.ClH/c1-19(17,18)15-8-2-7-14-12(16)11-5-3-10(9-13)4-6-11;/h3-6,15H,2,7-9,13H2,1H3,(H,14,16);1H. The molecule has 1 rings (SSSR count). The molecular weight excluding hydrogens is 302 g/mol. The van der Waals surface area contributed by atoms with E-state index in [9.17, 15) is 13.2 Å². The van der Waals surface area contributed by atoms with Gasteiger partial charge in [0, 0.05) is 25.2 Å². The first kappa shape index (κ1) is 18.9. The molecule has 0 spiro atoms. The molecule has 6 nitrogen and oxygen atoms in total. The topological polar surface area (TPSA) is 101 Å². The SMILES string of the molecule is CS(=O)(=O)NCCCNC(=O)c1ccc(CN)cc1.Cl. The van der Waals surface area contributed by atoms with E-state index in [2.05, 4.69) is 10.0 Å². The number of nitrogens with two attached hydrogens (primary N) is 1. The van der Waals surface area contributed by atoms with Crippen LogP contribution in [0.15, 0.2) is 24.3 Å². The predicted molar refractivity (Wildman–Crippen MR) is 81.4 cm³/mol. The maximum absolute atomic E-state index is 11.7. The molecule has 0 heterocycles. The van der Waals surface area contributed by atoms with E-state index in [1.807, 2.05) is 0 Å². The maximum atomic E-state index is 11.7. The summed E-state index contributed by atoms with van der Waals surface area (Å²) in [6.07, 6.45) is 1.64. The minimum Gasteiger partial charge on any atom is -0.352 e. The molecule has 0 aliphatic heterocycles. The summed E-state index contributed by atoms with van der Waals surface area (Å²) in [6, 6.07) is 7.04. The molecule has 8 heteroatoms. The Bertz CT molecular complexity index is 517. The van der Waals surface area contributed by atoms with Crippen LogP contribution in [0.5, 0.6) is 0 Å². The van der Waals surface area contributed by atoms with Gasteiger partial charge in [-0.25, -0.2) is 13.1 Å². The molecule has 0 saturated heterocycles. The van der Waals surface area contributed by atoms with Crippen molar-refractivity contribution in [3.63, 3.8) is 0 Å². The van der Waals surface area contributed by atoms with Crippen LogP contribution in [0.25, 0.3) is 0 Å². The molecule has 0 unspecified atom stereocenters. The summed E-state index contributed by atoms with van der Waals surface area (Å²) in [4.78, 5) is 11.7. The van der Waals surface area contributed by atoms with Crippen LogP contribution in [0.1, 0.15) is 22.3 Å². The molecule has 1 aromatic carbocycles. The molecule has 0 saturated carbocycles. The number of rotatable bonds is 7. The van der Waals surface area contributed by atoms with E-state index < -0.39 is 10.0 Å². The van der Waals surface area contributed by atoms with Gasteiger partial charge in [-0.1, -0.05) is 12.1 Å². The fourth-order valence-corrected chi connectivity index (χ4v) is 1.96. The number of carbonyl (C=O) groups excluding carboxylic acids is 1. The fourth-order valence-electron chi connectivity index (χ4n) is 1.44. The van der Waals surface area contributed by atoms with Crippen molar-refractivity contribution in [3.8, 4) is 0 Å². The molecule has 0 atom stereocenters. The van der Waals surface area contributed by atoms with Crippen LogP contribution in [0.2, 0.25) is 0 Å². The first-order chi connectivity index (χ1) is 8.92. The summed E-state index contributed by atoms with van der Waals surface area (Å²) in [5.41, 5.74) is 7.00. The number of hydrogen-bond acceptors (Lipinski definition) is 4. The van der Waals surface area contributed by atoms with Crippen molar-refractivity contribution in [1.29, 1.82) is 0 Å². The number of hydrogen-bond donors (Lipinski definition) is 3. The second kappa shape index (κ2) is 8.91. The minimum absolute atomic E-state index is 0. The van der Waals surface area contributed by atoms with Crippen molar-refractivity contribution in [2.45, 2.75) is 13.0 Å². The average molecular weight is 322 g/mol. The van der Waals surface area contributed by atoms with Gasteiger partial charge in [-0.2, -0.15) is 0 Å². The van der Waals surface area contributed by atoms with Gasteiger partial charge in [0.05, 0.1) is 6.26 Å². The van der Waals surface area contributed by atoms with Gasteiger partial charge in [-0.3, -0.25) is 4.79 Å². The molecule has 4 N–H and O–H groups in total. The van der Waals surface area contributed by atoms with Gasteiger partial charge in [0.1, 0.15) is 0 Å². The second-order valence-electron chi connectivity index (χ2n) is 4.18. The highest BCUT2D eigenvalue weighted by Crippen LogP contribution is 2.03. The Balaban J connectivity index is 0.00000361. The lowest BCUT2D eigenvalue weighted by Crippen LogP contribution is -2.29. The Hall–Kier alpha value is -1.15. The quantitative estimate of drug-likeness (QED) is 0.626. The average Bonchev–Trinajstić information content (AvgIpc) is 2.37. The van der Waals surface area contributed by atoms with Crippen LogP contribution in [0, 0.1) is 0 Å². The van der Waals surface area contributed by atoms with Crippen molar-refractivity contribution in [1.82, 2.24) is 10.0 Å². The Morgan fingerprint density at radius 2 is 1.80 bits per heavy atom. The zero-order chi connectivity index (χ0) is 14.3. The molecule has 0 aromatic heterocycles. The zero-order valence-corrected chi connectivity index (χ0v) is 12.9. The third-order valence-electron chi connectivity index (χ3n) is 2.46. The van der Waals surface area contributed by atoms with Crippen molar-refractivity contribution < 1.29 is 13.2 Å². The van der Waals surface area contributed by atoms with E-state index in [0.29, 0.717) is 31.6 Å². The van der Waals surface area contributed by atoms with Crippen LogP contribution < -0.4 is 15.8 Å². The molecule has 1 amide bonds. The van der Waals surface area contributed by atoms with Crippen LogP contribution in [0.3, 0.4) is 0 Å². The van der Waals surface area contributed by atoms with Gasteiger partial charge < -0.3 is 11.1 Å². The van der Waals surface area contributed by atoms with E-state index in [1.165, 1.54) is 0 Å². The first-order valence-corrected chi connectivity index (χ1v) is 7.83. The normalized spacial score (nSPS) is 10.7. The molecule has 114 valence electrons. The van der Waals surface area contributed by atoms with Crippen LogP contribution >= 0.6 is 12.4 Å². The van der Waals surface area contributed by atoms with Crippen LogP contribution in [-0.4, -0.2) is 33.7 Å². The number of halogens is 1. The lowest BCUT2D eigenvalue weighted by molar-refractivity contribution is 0.0953. The van der Waals surface area contributed by atoms with E-state index in [0.717, 1.165) is 11.8 Å². The number of nitrogens with one attached hydrogen (secondary N) is 2. The Morgan fingerprint density at radius 3 is 2.30 bits per heavy atom. The van der Waals surface area contributed by atoms with Gasteiger partial charge >= 0.3 is 0 Å². The number of carbonyl (C=O) groups is 1. The third-order valence-corrected chi connectivity index (χ3v) is 3.18. The lowest BCUT2D eigenvalue weighted by Gasteiger charge is -2.06. The van der Waals surface area contributed by atoms with Gasteiger partial charge in [0.2, 0.25) is 10.0 Å². The second-order valence-corrected chi connectivity index (χ2v) is 6.01. The predicted octanol–water partition coefficient (Wildman–Crippen LogP) is 0.236. The van der Waals surface area contributed by atoms with Gasteiger partial charge in [0.15, 0.2) is 0 Å². The van der Waals surface area contributed by atoms with Gasteiger partial charge in [-0.05, 0) is 24.1 Å². The monoisotopic (exact) mass is 321 g/mol. The fraction of sp³-hybridized carbons (Fsp3) is 0.417. The number of amides is 1. The van der Waals surface area contributed by atoms with Crippen molar-refractivity contribution in [3.05, 3.63) is 35.4 Å². The molecular formula is C12H20ClN3O3S. The summed E-state index contributed by atoms with van der Waals surface area (Å²) in [7, 11) is -3.16. The van der Waals surface area contributed by atoms with Gasteiger partial charge in [0.25, 0.3) is 5.91 Å². The van der Waals surface area contributed by atoms with E-state index in [-0.39, 0.29) is 18.3 Å². The Morgan fingerprint density at radius 1 is 1.20 bits per heavy atom. The van der Waals surface area contributed by atoms with E-state index in [1.54, 1.807) is 24.3 Å². The largest absolute Gasteiger partial charge is 0.352 e.